The number of benzene rings is 2. The van der Waals surface area contributed by atoms with Crippen molar-refractivity contribution in [2.75, 3.05) is 0 Å². The van der Waals surface area contributed by atoms with E-state index in [1.165, 1.54) is 11.1 Å². The highest BCUT2D eigenvalue weighted by atomic mass is 14.8. The van der Waals surface area contributed by atoms with Crippen molar-refractivity contribution in [3.05, 3.63) is 83.4 Å². The van der Waals surface area contributed by atoms with E-state index in [0.717, 1.165) is 22.5 Å². The van der Waals surface area contributed by atoms with E-state index in [9.17, 15) is 0 Å². The molecule has 2 nitrogen and oxygen atoms in total. The highest BCUT2D eigenvalue weighted by molar-refractivity contribution is 5.68. The Kier molecular flexibility index (Phi) is 9.63. The van der Waals surface area contributed by atoms with Gasteiger partial charge in [0.15, 0.2) is 5.82 Å². The number of hydrogen-bond acceptors (Lipinski definition) is 2. The van der Waals surface area contributed by atoms with Crippen LogP contribution in [0.5, 0.6) is 0 Å². The maximum absolute atomic E-state index is 4.41. The lowest BCUT2D eigenvalue weighted by atomic mass is 10.1. The molecule has 0 unspecified atom stereocenters. The van der Waals surface area contributed by atoms with Crippen molar-refractivity contribution in [2.24, 2.45) is 0 Å². The summed E-state index contributed by atoms with van der Waals surface area (Å²) < 4.78 is 0. The third-order valence-corrected chi connectivity index (χ3v) is 3.56. The normalized spacial score (nSPS) is 9.77. The van der Waals surface area contributed by atoms with Gasteiger partial charge in [0.05, 0.1) is 0 Å². The van der Waals surface area contributed by atoms with Crippen LogP contribution in [0.4, 0.5) is 0 Å². The lowest BCUT2D eigenvalue weighted by molar-refractivity contribution is 1.14. The minimum atomic E-state index is 0.719. The molecule has 26 heavy (non-hydrogen) atoms. The molecule has 0 saturated heterocycles. The SMILES string of the molecule is CC.CC.Cc1ccc(/C=C/c2ncc(-c3ccc(C)cc3)cn2)cc1. The molecule has 0 atom stereocenters. The fourth-order valence-corrected chi connectivity index (χ4v) is 2.17. The fourth-order valence-electron chi connectivity index (χ4n) is 2.17. The van der Waals surface area contributed by atoms with E-state index in [2.05, 4.69) is 72.3 Å². The summed E-state index contributed by atoms with van der Waals surface area (Å²) in [7, 11) is 0. The van der Waals surface area contributed by atoms with Crippen molar-refractivity contribution in [2.45, 2.75) is 41.5 Å². The second-order valence-electron chi connectivity index (χ2n) is 5.44. The largest absolute Gasteiger partial charge is 0.236 e. The van der Waals surface area contributed by atoms with Gasteiger partial charge in [-0.25, -0.2) is 9.97 Å². The number of nitrogens with zero attached hydrogens (tertiary/aromatic N) is 2. The summed E-state index contributed by atoms with van der Waals surface area (Å²) in [5.74, 6) is 0.719. The van der Waals surface area contributed by atoms with Crippen LogP contribution in [0.25, 0.3) is 23.3 Å². The Morgan fingerprint density at radius 3 is 1.54 bits per heavy atom. The van der Waals surface area contributed by atoms with Crippen molar-refractivity contribution in [1.82, 2.24) is 9.97 Å². The monoisotopic (exact) mass is 346 g/mol. The first-order valence-corrected chi connectivity index (χ1v) is 9.34. The van der Waals surface area contributed by atoms with Crippen molar-refractivity contribution < 1.29 is 0 Å². The van der Waals surface area contributed by atoms with Gasteiger partial charge in [-0.05, 0) is 31.1 Å². The summed E-state index contributed by atoms with van der Waals surface area (Å²) in [5.41, 5.74) is 5.84. The van der Waals surface area contributed by atoms with E-state index in [-0.39, 0.29) is 0 Å². The molecule has 0 aliphatic heterocycles. The van der Waals surface area contributed by atoms with Gasteiger partial charge in [-0.2, -0.15) is 0 Å². The molecule has 1 heterocycles. The van der Waals surface area contributed by atoms with E-state index in [1.54, 1.807) is 0 Å². The van der Waals surface area contributed by atoms with Crippen LogP contribution in [0, 0.1) is 13.8 Å². The van der Waals surface area contributed by atoms with Gasteiger partial charge < -0.3 is 0 Å². The maximum Gasteiger partial charge on any atom is 0.151 e. The fraction of sp³-hybridized carbons (Fsp3) is 0.250. The number of rotatable bonds is 3. The minimum absolute atomic E-state index is 0.719. The van der Waals surface area contributed by atoms with Gasteiger partial charge >= 0.3 is 0 Å². The molecule has 0 fully saturated rings. The first-order chi connectivity index (χ1) is 12.7. The van der Waals surface area contributed by atoms with Gasteiger partial charge in [0, 0.05) is 18.0 Å². The van der Waals surface area contributed by atoms with Crippen LogP contribution >= 0.6 is 0 Å². The summed E-state index contributed by atoms with van der Waals surface area (Å²) in [6.45, 7) is 12.2. The molecule has 2 heteroatoms. The molecule has 136 valence electrons. The van der Waals surface area contributed by atoms with Crippen LogP contribution in [0.2, 0.25) is 0 Å². The van der Waals surface area contributed by atoms with Gasteiger partial charge in [-0.15, -0.1) is 0 Å². The predicted octanol–water partition coefficient (Wildman–Crippen LogP) is 6.98. The molecule has 1 aromatic heterocycles. The van der Waals surface area contributed by atoms with Gasteiger partial charge in [0.25, 0.3) is 0 Å². The zero-order chi connectivity index (χ0) is 19.4. The number of hydrogen-bond donors (Lipinski definition) is 0. The summed E-state index contributed by atoms with van der Waals surface area (Å²) in [6, 6.07) is 16.8. The maximum atomic E-state index is 4.41. The third kappa shape index (κ3) is 6.64. The standard InChI is InChI=1S/C20H18N2.2C2H6/c1-15-3-7-17(8-4-15)9-12-20-21-13-19(14-22-20)18-10-5-16(2)6-11-18;2*1-2/h3-14H,1-2H3;2*1-2H3/b12-9+;;. The van der Waals surface area contributed by atoms with Gasteiger partial charge in [-0.1, -0.05) is 93.4 Å². The zero-order valence-electron chi connectivity index (χ0n) is 16.8. The Labute approximate surface area is 158 Å². The molecule has 3 aromatic rings. The summed E-state index contributed by atoms with van der Waals surface area (Å²) in [6.07, 6.45) is 7.70. The molecule has 0 aliphatic carbocycles. The molecule has 0 spiro atoms. The molecule has 0 amide bonds. The van der Waals surface area contributed by atoms with Gasteiger partial charge in [-0.3, -0.25) is 0 Å². The molecule has 0 radical (unpaired) electrons. The molecule has 2 aromatic carbocycles. The molecule has 0 N–H and O–H groups in total. The average Bonchev–Trinajstić information content (AvgIpc) is 2.72. The van der Waals surface area contributed by atoms with E-state index in [4.69, 9.17) is 0 Å². The van der Waals surface area contributed by atoms with Crippen molar-refractivity contribution in [3.8, 4) is 11.1 Å². The third-order valence-electron chi connectivity index (χ3n) is 3.56. The Morgan fingerprint density at radius 1 is 0.577 bits per heavy atom. The Balaban J connectivity index is 0.000000791. The van der Waals surface area contributed by atoms with E-state index >= 15 is 0 Å². The van der Waals surface area contributed by atoms with Crippen LogP contribution in [-0.2, 0) is 0 Å². The van der Waals surface area contributed by atoms with Crippen LogP contribution in [-0.4, -0.2) is 9.97 Å². The smallest absolute Gasteiger partial charge is 0.151 e. The first-order valence-electron chi connectivity index (χ1n) is 9.34. The van der Waals surface area contributed by atoms with Crippen LogP contribution in [0.15, 0.2) is 60.9 Å². The second-order valence-corrected chi connectivity index (χ2v) is 5.44. The topological polar surface area (TPSA) is 25.8 Å². The zero-order valence-corrected chi connectivity index (χ0v) is 16.8. The molecule has 0 bridgehead atoms. The average molecular weight is 347 g/mol. The van der Waals surface area contributed by atoms with Gasteiger partial charge in [0.2, 0.25) is 0 Å². The highest BCUT2D eigenvalue weighted by Crippen LogP contribution is 2.18. The molecular formula is C24H30N2. The first kappa shape index (κ1) is 21.3. The summed E-state index contributed by atoms with van der Waals surface area (Å²) in [5, 5.41) is 0. The van der Waals surface area contributed by atoms with E-state index < -0.39 is 0 Å². The predicted molar refractivity (Wildman–Crippen MR) is 115 cm³/mol. The molecule has 0 aliphatic rings. The summed E-state index contributed by atoms with van der Waals surface area (Å²) >= 11 is 0. The second kappa shape index (κ2) is 11.8. The lowest BCUT2D eigenvalue weighted by Gasteiger charge is -2.01. The van der Waals surface area contributed by atoms with Gasteiger partial charge in [0.1, 0.15) is 0 Å². The number of aryl methyl sites for hydroxylation is 2. The van der Waals surface area contributed by atoms with Crippen molar-refractivity contribution >= 4 is 12.2 Å². The van der Waals surface area contributed by atoms with Crippen LogP contribution < -0.4 is 0 Å². The van der Waals surface area contributed by atoms with E-state index in [0.29, 0.717) is 0 Å². The molecule has 0 saturated carbocycles. The summed E-state index contributed by atoms with van der Waals surface area (Å²) in [4.78, 5) is 8.82. The Bertz CT molecular complexity index is 768. The quantitative estimate of drug-likeness (QED) is 0.511. The van der Waals surface area contributed by atoms with Crippen molar-refractivity contribution in [1.29, 1.82) is 0 Å². The Morgan fingerprint density at radius 2 is 1.04 bits per heavy atom. The van der Waals surface area contributed by atoms with Crippen LogP contribution in [0.3, 0.4) is 0 Å². The lowest BCUT2D eigenvalue weighted by Crippen LogP contribution is -1.88. The Hall–Kier alpha value is -2.74. The minimum Gasteiger partial charge on any atom is -0.236 e. The molecular weight excluding hydrogens is 316 g/mol. The number of aromatic nitrogens is 2. The molecule has 3 rings (SSSR count). The van der Waals surface area contributed by atoms with Crippen LogP contribution in [0.1, 0.15) is 50.2 Å². The van der Waals surface area contributed by atoms with E-state index in [1.807, 2.05) is 52.2 Å². The highest BCUT2D eigenvalue weighted by Gasteiger charge is 1.99. The van der Waals surface area contributed by atoms with Crippen molar-refractivity contribution in [3.63, 3.8) is 0 Å².